The lowest BCUT2D eigenvalue weighted by Gasteiger charge is -2.37. The zero-order valence-electron chi connectivity index (χ0n) is 20.6. The standard InChI is InChI=1S/C30H29N3O3/c1-19-7-9-22(10-8-19)31-29(34)26-18-21-17-20-5-3-15-33-16-4-6-25(27(20)33)28(21)36-30(26)32-23-11-13-24(35-2)14-12-23/h7-14,17-18H,3-6,15-16H2,1-2H3,(H,31,34). The van der Waals surface area contributed by atoms with Crippen molar-refractivity contribution in [2.75, 3.05) is 30.4 Å². The number of rotatable bonds is 4. The summed E-state index contributed by atoms with van der Waals surface area (Å²) in [5, 5.41) is 3.97. The van der Waals surface area contributed by atoms with E-state index in [1.165, 1.54) is 16.8 Å². The first-order valence-electron chi connectivity index (χ1n) is 12.5. The summed E-state index contributed by atoms with van der Waals surface area (Å²) in [5.74, 6) is 0.502. The van der Waals surface area contributed by atoms with E-state index in [-0.39, 0.29) is 5.91 Å². The Labute approximate surface area is 210 Å². The van der Waals surface area contributed by atoms with Gasteiger partial charge in [-0.2, -0.15) is 0 Å². The van der Waals surface area contributed by atoms with Crippen molar-refractivity contribution in [3.63, 3.8) is 0 Å². The highest BCUT2D eigenvalue weighted by Crippen LogP contribution is 2.39. The van der Waals surface area contributed by atoms with E-state index in [0.717, 1.165) is 66.7 Å². The van der Waals surface area contributed by atoms with Crippen molar-refractivity contribution < 1.29 is 13.9 Å². The van der Waals surface area contributed by atoms with E-state index in [4.69, 9.17) is 14.1 Å². The van der Waals surface area contributed by atoms with Crippen LogP contribution in [0.3, 0.4) is 0 Å². The van der Waals surface area contributed by atoms with Gasteiger partial charge >= 0.3 is 0 Å². The van der Waals surface area contributed by atoms with E-state index in [1.54, 1.807) is 7.11 Å². The van der Waals surface area contributed by atoms with Gasteiger partial charge in [0.05, 0.1) is 12.8 Å². The number of aryl methyl sites for hydroxylation is 3. The van der Waals surface area contributed by atoms with Crippen LogP contribution in [0.2, 0.25) is 0 Å². The van der Waals surface area contributed by atoms with Crippen LogP contribution >= 0.6 is 0 Å². The second-order valence-corrected chi connectivity index (χ2v) is 9.57. The third-order valence-corrected chi connectivity index (χ3v) is 7.09. The first-order valence-corrected chi connectivity index (χ1v) is 12.5. The highest BCUT2D eigenvalue weighted by atomic mass is 16.5. The summed E-state index contributed by atoms with van der Waals surface area (Å²) in [6.07, 6.45) is 4.27. The van der Waals surface area contributed by atoms with Gasteiger partial charge in [-0.25, -0.2) is 4.99 Å². The molecule has 6 heteroatoms. The Kier molecular flexibility index (Phi) is 5.72. The fourth-order valence-corrected chi connectivity index (χ4v) is 5.31. The Morgan fingerprint density at radius 1 is 1.00 bits per heavy atom. The van der Waals surface area contributed by atoms with Gasteiger partial charge in [-0.05, 0) is 86.7 Å². The number of benzene rings is 3. The van der Waals surface area contributed by atoms with Gasteiger partial charge < -0.3 is 19.4 Å². The van der Waals surface area contributed by atoms with E-state index in [1.807, 2.05) is 61.5 Å². The predicted octanol–water partition coefficient (Wildman–Crippen LogP) is 5.93. The zero-order valence-corrected chi connectivity index (χ0v) is 20.6. The van der Waals surface area contributed by atoms with Gasteiger partial charge in [-0.15, -0.1) is 0 Å². The SMILES string of the molecule is COc1ccc(N=c2oc3c4c5c(cc3cc2C(=O)Nc2ccc(C)cc2)CCCN5CCC4)cc1. The van der Waals surface area contributed by atoms with E-state index in [2.05, 4.69) is 16.3 Å². The van der Waals surface area contributed by atoms with Crippen LogP contribution < -0.4 is 20.5 Å². The lowest BCUT2D eigenvalue weighted by Crippen LogP contribution is -2.34. The maximum atomic E-state index is 13.5. The van der Waals surface area contributed by atoms with Gasteiger partial charge in [-0.1, -0.05) is 17.7 Å². The van der Waals surface area contributed by atoms with E-state index in [0.29, 0.717) is 16.8 Å². The maximum Gasteiger partial charge on any atom is 0.261 e. The molecule has 4 aromatic rings. The Morgan fingerprint density at radius 2 is 1.75 bits per heavy atom. The summed E-state index contributed by atoms with van der Waals surface area (Å²) in [7, 11) is 1.63. The number of nitrogens with zero attached hydrogens (tertiary/aromatic N) is 2. The van der Waals surface area contributed by atoms with Crippen LogP contribution in [0.25, 0.3) is 11.0 Å². The van der Waals surface area contributed by atoms with Crippen LogP contribution in [0.1, 0.15) is 39.9 Å². The highest BCUT2D eigenvalue weighted by molar-refractivity contribution is 6.06. The van der Waals surface area contributed by atoms with Crippen molar-refractivity contribution in [3.05, 3.63) is 88.5 Å². The average molecular weight is 480 g/mol. The molecule has 1 aromatic heterocycles. The Bertz CT molecular complexity index is 1520. The smallest absolute Gasteiger partial charge is 0.261 e. The number of nitrogens with one attached hydrogen (secondary N) is 1. The van der Waals surface area contributed by atoms with Gasteiger partial charge in [0, 0.05) is 35.4 Å². The first kappa shape index (κ1) is 22.4. The van der Waals surface area contributed by atoms with Crippen molar-refractivity contribution in [1.82, 2.24) is 0 Å². The van der Waals surface area contributed by atoms with E-state index in [9.17, 15) is 4.79 Å². The fraction of sp³-hybridized carbons (Fsp3) is 0.267. The molecule has 6 nitrogen and oxygen atoms in total. The number of ether oxygens (including phenoxy) is 1. The van der Waals surface area contributed by atoms with Crippen molar-refractivity contribution >= 4 is 33.9 Å². The molecule has 0 unspecified atom stereocenters. The van der Waals surface area contributed by atoms with E-state index >= 15 is 0 Å². The lowest BCUT2D eigenvalue weighted by molar-refractivity contribution is 0.102. The van der Waals surface area contributed by atoms with Crippen LogP contribution in [0.15, 0.2) is 70.1 Å². The molecule has 2 aliphatic heterocycles. The molecule has 36 heavy (non-hydrogen) atoms. The zero-order chi connectivity index (χ0) is 24.6. The largest absolute Gasteiger partial charge is 0.497 e. The van der Waals surface area contributed by atoms with Crippen molar-refractivity contribution in [2.45, 2.75) is 32.6 Å². The summed E-state index contributed by atoms with van der Waals surface area (Å²) >= 11 is 0. The molecule has 0 aliphatic carbocycles. The third-order valence-electron chi connectivity index (χ3n) is 7.09. The second-order valence-electron chi connectivity index (χ2n) is 9.57. The number of anilines is 2. The minimum Gasteiger partial charge on any atom is -0.497 e. The monoisotopic (exact) mass is 479 g/mol. The lowest BCUT2D eigenvalue weighted by atomic mass is 9.90. The molecule has 3 aromatic carbocycles. The Morgan fingerprint density at radius 3 is 2.50 bits per heavy atom. The van der Waals surface area contributed by atoms with Crippen LogP contribution in [-0.4, -0.2) is 26.1 Å². The van der Waals surface area contributed by atoms with Crippen LogP contribution in [0.5, 0.6) is 5.75 Å². The Balaban J connectivity index is 1.53. The number of fused-ring (bicyclic) bond motifs is 2. The highest BCUT2D eigenvalue weighted by Gasteiger charge is 2.27. The van der Waals surface area contributed by atoms with Gasteiger partial charge in [0.1, 0.15) is 16.9 Å². The number of methoxy groups -OCH3 is 1. The molecule has 0 radical (unpaired) electrons. The molecule has 0 atom stereocenters. The molecule has 0 bridgehead atoms. The third kappa shape index (κ3) is 4.13. The van der Waals surface area contributed by atoms with Crippen molar-refractivity contribution in [3.8, 4) is 5.75 Å². The molecule has 1 N–H and O–H groups in total. The predicted molar refractivity (Wildman–Crippen MR) is 142 cm³/mol. The molecule has 0 spiro atoms. The van der Waals surface area contributed by atoms with Gasteiger partial charge in [0.2, 0.25) is 5.55 Å². The number of amides is 1. The summed E-state index contributed by atoms with van der Waals surface area (Å²) in [4.78, 5) is 20.8. The summed E-state index contributed by atoms with van der Waals surface area (Å²) in [6.45, 7) is 4.20. The molecular formula is C30H29N3O3. The maximum absolute atomic E-state index is 13.5. The van der Waals surface area contributed by atoms with Gasteiger partial charge in [0.25, 0.3) is 5.91 Å². The molecule has 182 valence electrons. The molecule has 0 saturated carbocycles. The molecular weight excluding hydrogens is 450 g/mol. The van der Waals surface area contributed by atoms with Crippen LogP contribution in [0, 0.1) is 6.92 Å². The van der Waals surface area contributed by atoms with Crippen molar-refractivity contribution in [1.29, 1.82) is 0 Å². The number of hydrogen-bond donors (Lipinski definition) is 1. The molecule has 0 saturated heterocycles. The number of hydrogen-bond acceptors (Lipinski definition) is 5. The second kappa shape index (κ2) is 9.19. The number of carbonyl (C=O) groups is 1. The topological polar surface area (TPSA) is 67.1 Å². The first-order chi connectivity index (χ1) is 17.6. The fourth-order valence-electron chi connectivity index (χ4n) is 5.31. The average Bonchev–Trinajstić information content (AvgIpc) is 2.91. The normalized spacial score (nSPS) is 15.1. The summed E-state index contributed by atoms with van der Waals surface area (Å²) in [6, 6.07) is 19.3. The van der Waals surface area contributed by atoms with Crippen LogP contribution in [0.4, 0.5) is 17.1 Å². The minimum atomic E-state index is -0.246. The Hall–Kier alpha value is -4.06. The van der Waals surface area contributed by atoms with E-state index < -0.39 is 0 Å². The molecule has 6 rings (SSSR count). The van der Waals surface area contributed by atoms with Gasteiger partial charge in [-0.3, -0.25) is 4.79 Å². The minimum absolute atomic E-state index is 0.246. The van der Waals surface area contributed by atoms with Crippen LogP contribution in [-0.2, 0) is 12.8 Å². The summed E-state index contributed by atoms with van der Waals surface area (Å²) < 4.78 is 11.8. The molecule has 0 fully saturated rings. The molecule has 3 heterocycles. The molecule has 1 amide bonds. The van der Waals surface area contributed by atoms with Crippen molar-refractivity contribution in [2.24, 2.45) is 4.99 Å². The number of carbonyl (C=O) groups excluding carboxylic acids is 1. The quantitative estimate of drug-likeness (QED) is 0.394. The summed E-state index contributed by atoms with van der Waals surface area (Å²) in [5.41, 5.74) is 8.03. The van der Waals surface area contributed by atoms with Gasteiger partial charge in [0.15, 0.2) is 0 Å². The molecule has 2 aliphatic rings.